The van der Waals surface area contributed by atoms with Gasteiger partial charge in [-0.1, -0.05) is 88.4 Å². The van der Waals surface area contributed by atoms with Gasteiger partial charge in [0.2, 0.25) is 35.4 Å². The number of aliphatic carboxylic acids is 2. The Hall–Kier alpha value is -7.59. The summed E-state index contributed by atoms with van der Waals surface area (Å²) >= 11 is 0. The van der Waals surface area contributed by atoms with E-state index in [1.54, 1.807) is 26.8 Å². The molecule has 0 aromatic heterocycles. The number of likely N-dealkylation sites (N-methyl/N-ethyl adjacent to an activating group) is 1. The van der Waals surface area contributed by atoms with Crippen LogP contribution in [0.15, 0.2) is 71.4 Å². The fraction of sp³-hybridized carbons (Fsp3) is 0.549. The molecule has 0 radical (unpaired) electrons. The van der Waals surface area contributed by atoms with Gasteiger partial charge in [0.25, 0.3) is 5.91 Å². The Morgan fingerprint density at radius 2 is 1.54 bits per heavy atom. The van der Waals surface area contributed by atoms with Crippen LogP contribution in [0.3, 0.4) is 0 Å². The van der Waals surface area contributed by atoms with Gasteiger partial charge in [0.1, 0.15) is 41.5 Å². The first-order valence-corrected chi connectivity index (χ1v) is 24.4. The number of nitrogens with zero attached hydrogens (tertiary/aromatic N) is 2. The van der Waals surface area contributed by atoms with Gasteiger partial charge in [-0.15, -0.1) is 0 Å². The molecule has 1 aromatic carbocycles. The molecule has 2 unspecified atom stereocenters. The van der Waals surface area contributed by atoms with Crippen molar-refractivity contribution < 1.29 is 62.9 Å². The smallest absolute Gasteiger partial charge is 0.329 e. The zero-order chi connectivity index (χ0) is 56.0. The lowest BCUT2D eigenvalue weighted by Gasteiger charge is -2.30. The first-order chi connectivity index (χ1) is 34.5. The second kappa shape index (κ2) is 29.8. The van der Waals surface area contributed by atoms with Crippen LogP contribution in [0.5, 0.6) is 0 Å². The van der Waals surface area contributed by atoms with Crippen molar-refractivity contribution in [2.24, 2.45) is 34.2 Å². The van der Waals surface area contributed by atoms with Crippen LogP contribution in [0.4, 0.5) is 0 Å². The molecule has 23 heteroatoms. The number of unbranched alkanes of at least 4 members (excludes halogenated alkanes) is 1. The Labute approximate surface area is 432 Å². The minimum atomic E-state index is -2.31. The van der Waals surface area contributed by atoms with Crippen molar-refractivity contribution in [2.45, 2.75) is 149 Å². The minimum absolute atomic E-state index is 0.00763. The number of aliphatic imine (C=N–C) groups is 1. The third-order valence-corrected chi connectivity index (χ3v) is 12.2. The van der Waals surface area contributed by atoms with E-state index in [4.69, 9.17) is 16.2 Å². The molecule has 1 aliphatic rings. The van der Waals surface area contributed by atoms with Gasteiger partial charge < -0.3 is 63.2 Å². The number of carboxylic acids is 2. The molecule has 0 saturated carbocycles. The number of hydrogen-bond donors (Lipinski definition) is 10. The van der Waals surface area contributed by atoms with E-state index in [2.05, 4.69) is 43.5 Å². The van der Waals surface area contributed by atoms with E-state index >= 15 is 0 Å². The molecule has 7 amide bonds. The predicted molar refractivity (Wildman–Crippen MR) is 274 cm³/mol. The van der Waals surface area contributed by atoms with Crippen molar-refractivity contribution in [1.82, 2.24) is 36.8 Å². The molecule has 1 aliphatic heterocycles. The van der Waals surface area contributed by atoms with Gasteiger partial charge in [0, 0.05) is 39.3 Å². The van der Waals surface area contributed by atoms with Gasteiger partial charge in [0.05, 0.1) is 18.4 Å². The third kappa shape index (κ3) is 21.2. The largest absolute Gasteiger partial charge is 0.480 e. The number of allylic oxidation sites excluding steroid dienone is 2. The van der Waals surface area contributed by atoms with Crippen LogP contribution >= 0.6 is 0 Å². The number of benzene rings is 1. The van der Waals surface area contributed by atoms with E-state index in [1.807, 2.05) is 43.3 Å². The average Bonchev–Trinajstić information content (AvgIpc) is 3.31. The maximum Gasteiger partial charge on any atom is 0.329 e. The van der Waals surface area contributed by atoms with Gasteiger partial charge in [-0.25, -0.2) is 9.59 Å². The quantitative estimate of drug-likeness (QED) is 0.0277. The molecule has 408 valence electrons. The number of esters is 1. The highest BCUT2D eigenvalue weighted by Gasteiger charge is 2.41. The molecular weight excluding hydrogens is 961 g/mol. The van der Waals surface area contributed by atoms with Crippen LogP contribution in [0.1, 0.15) is 106 Å². The molecule has 0 bridgehead atoms. The number of hydrogen-bond acceptors (Lipinski definition) is 12. The first kappa shape index (κ1) is 62.5. The van der Waals surface area contributed by atoms with Gasteiger partial charge >= 0.3 is 17.9 Å². The number of guanidine groups is 1. The number of rotatable bonds is 16. The summed E-state index contributed by atoms with van der Waals surface area (Å²) < 4.78 is 5.68. The normalized spacial score (nSPS) is 24.7. The molecule has 0 spiro atoms. The number of nitrogens with one attached hydrogen (secondary N) is 6. The Kier molecular flexibility index (Phi) is 25.2. The molecule has 2 rings (SSSR count). The van der Waals surface area contributed by atoms with Crippen molar-refractivity contribution in [3.8, 4) is 0 Å². The number of nitrogens with two attached hydrogens (primary N) is 2. The lowest BCUT2D eigenvalue weighted by molar-refractivity contribution is -0.149. The van der Waals surface area contributed by atoms with E-state index < -0.39 is 132 Å². The Morgan fingerprint density at radius 1 is 0.892 bits per heavy atom. The first-order valence-electron chi connectivity index (χ1n) is 24.4. The summed E-state index contributed by atoms with van der Waals surface area (Å²) in [5.74, 6) is -11.9. The van der Waals surface area contributed by atoms with Crippen molar-refractivity contribution in [2.75, 3.05) is 13.6 Å². The third-order valence-electron chi connectivity index (χ3n) is 12.2. The minimum Gasteiger partial charge on any atom is -0.480 e. The topological polar surface area (TPSA) is 360 Å². The molecule has 12 N–H and O–H groups in total. The summed E-state index contributed by atoms with van der Waals surface area (Å²) in [4.78, 5) is 139. The fourth-order valence-electron chi connectivity index (χ4n) is 7.68. The van der Waals surface area contributed by atoms with E-state index in [0.717, 1.165) is 17.4 Å². The van der Waals surface area contributed by atoms with Crippen LogP contribution < -0.4 is 43.4 Å². The summed E-state index contributed by atoms with van der Waals surface area (Å²) in [6.07, 6.45) is 3.37. The molecule has 9 atom stereocenters. The second-order valence-corrected chi connectivity index (χ2v) is 19.2. The number of ether oxygens (including phenoxy) is 1. The Bertz CT molecular complexity index is 2300. The van der Waals surface area contributed by atoms with Crippen LogP contribution in [0.25, 0.3) is 0 Å². The summed E-state index contributed by atoms with van der Waals surface area (Å²) in [6.45, 7) is 15.9. The highest BCUT2D eigenvalue weighted by Crippen LogP contribution is 2.20. The van der Waals surface area contributed by atoms with Crippen LogP contribution in [0.2, 0.25) is 0 Å². The monoisotopic (exact) mass is 1040 g/mol. The summed E-state index contributed by atoms with van der Waals surface area (Å²) in [5.41, 5.74) is 9.75. The number of carbonyl (C=O) groups is 10. The van der Waals surface area contributed by atoms with Gasteiger partial charge in [-0.2, -0.15) is 0 Å². The van der Waals surface area contributed by atoms with Crippen LogP contribution in [-0.2, 0) is 59.1 Å². The molecule has 1 saturated heterocycles. The van der Waals surface area contributed by atoms with Crippen molar-refractivity contribution >= 4 is 65.2 Å². The summed E-state index contributed by atoms with van der Waals surface area (Å²) in [7, 11) is 1.20. The highest BCUT2D eigenvalue weighted by molar-refractivity contribution is 6.00. The molecule has 1 heterocycles. The number of amides is 7. The standard InChI is InChI=1S/C51H76N10O13/c1-28(2)24-39-47(69)60-51(9,49(72)73)27-41(63)56-37(18-14-15-23-54-50(52)53)46(68)57-36(20-19-29(3)25-30(4)40(74-34(8)62)26-35-16-12-11-13-17-35)31(5)43(65)58-38(48(70)71)21-22-42(64)61(10)33(7)45(67)55-32(6)44(66)59-39/h11-13,16-17,19-20,25,28,30-32,36-40H,7,14-15,18,21-24,26-27H2,1-6,8-10H3,(H,55,67)(H,56,63)(H,57,68)(H,58,65)(H,59,66)(H,60,69)(H,70,71)(H,72,73)(H4,52,53,54)/b20-19+,29-25+/t30-,31-,32+,36-,37?,38+,39?,40-,51+/m0/s1. The van der Waals surface area contributed by atoms with Crippen molar-refractivity contribution in [3.05, 3.63) is 72.0 Å². The van der Waals surface area contributed by atoms with Gasteiger partial charge in [-0.3, -0.25) is 43.3 Å². The van der Waals surface area contributed by atoms with E-state index in [1.165, 1.54) is 33.9 Å². The molecule has 23 nitrogen and oxygen atoms in total. The molecule has 0 aliphatic carbocycles. The number of carboxylic acid groups (broad SMARTS) is 2. The lowest BCUT2D eigenvalue weighted by Crippen LogP contribution is -2.61. The molecule has 74 heavy (non-hydrogen) atoms. The highest BCUT2D eigenvalue weighted by atomic mass is 16.5. The zero-order valence-electron chi connectivity index (χ0n) is 43.8. The molecular formula is C51H76N10O13. The van der Waals surface area contributed by atoms with Crippen LogP contribution in [-0.4, -0.2) is 136 Å². The van der Waals surface area contributed by atoms with E-state index in [0.29, 0.717) is 18.4 Å². The second-order valence-electron chi connectivity index (χ2n) is 19.2. The van der Waals surface area contributed by atoms with Crippen molar-refractivity contribution in [3.63, 3.8) is 0 Å². The van der Waals surface area contributed by atoms with Gasteiger partial charge in [-0.05, 0) is 64.4 Å². The lowest BCUT2D eigenvalue weighted by atomic mass is 9.94. The SMILES string of the molecule is C=C1C(=O)N[C@H](C)C(=O)NC(CC(C)C)C(=O)N[C@@](C)(C(=O)O)CC(=O)NC(CCCCN=C(N)N)C(=O)N[C@@H](/C=C/C(C)=C/[C@H](C)[C@H](Cc2ccccc2)OC(C)=O)[C@H](C)C(=O)N[C@@H](C(=O)O)CCC(=O)N1C. The van der Waals surface area contributed by atoms with Gasteiger partial charge in [0.15, 0.2) is 5.96 Å². The number of carbonyl (C=O) groups excluding carboxylic acids is 8. The molecule has 1 fully saturated rings. The average molecular weight is 1040 g/mol. The maximum absolute atomic E-state index is 14.4. The predicted octanol–water partition coefficient (Wildman–Crippen LogP) is 1.07. The Morgan fingerprint density at radius 3 is 2.12 bits per heavy atom. The van der Waals surface area contributed by atoms with Crippen molar-refractivity contribution in [1.29, 1.82) is 0 Å². The maximum atomic E-state index is 14.4. The Balaban J connectivity index is 2.76. The summed E-state index contributed by atoms with van der Waals surface area (Å²) in [5, 5.41) is 35.6. The van der Waals surface area contributed by atoms with E-state index in [9.17, 15) is 58.2 Å². The van der Waals surface area contributed by atoms with E-state index in [-0.39, 0.29) is 43.6 Å². The summed E-state index contributed by atoms with van der Waals surface area (Å²) in [6, 6.07) is 2.41. The fourth-order valence-corrected chi connectivity index (χ4v) is 7.68. The molecule has 1 aromatic rings. The zero-order valence-corrected chi connectivity index (χ0v) is 43.8. The van der Waals surface area contributed by atoms with Crippen LogP contribution in [0, 0.1) is 17.8 Å².